The summed E-state index contributed by atoms with van der Waals surface area (Å²) in [5, 5.41) is 23.6. The van der Waals surface area contributed by atoms with E-state index in [0.717, 1.165) is 23.5 Å². The van der Waals surface area contributed by atoms with Gasteiger partial charge in [-0.15, -0.1) is 0 Å². The Kier molecular flexibility index (Phi) is 6.81. The number of rotatable bonds is 6. The highest BCUT2D eigenvalue weighted by Crippen LogP contribution is 2.34. The first-order chi connectivity index (χ1) is 13.2. The first-order valence-corrected chi connectivity index (χ1v) is 9.34. The van der Waals surface area contributed by atoms with Crippen molar-refractivity contribution in [3.05, 3.63) is 23.8 Å². The number of benzene rings is 1. The average Bonchev–Trinajstić information content (AvgIpc) is 3.01. The standard InChI is InChI=1S/C18H18F3N5OS/c1-3-11(8-22)12(9-23)6-10(2)24-16(27)26-17-25-14-5-4-13(18(19,20)21)7-15(14)28-17/h4-5,7,10-12H,3,6H2,1-2H3,(H2,24,25,26,27). The summed E-state index contributed by atoms with van der Waals surface area (Å²) >= 11 is 0.935. The maximum Gasteiger partial charge on any atom is 0.416 e. The maximum absolute atomic E-state index is 12.8. The second-order valence-corrected chi connectivity index (χ2v) is 7.34. The van der Waals surface area contributed by atoms with Crippen LogP contribution in [0.4, 0.5) is 23.1 Å². The number of carbonyl (C=O) groups excluding carboxylic acids is 1. The van der Waals surface area contributed by atoms with Crippen molar-refractivity contribution < 1.29 is 18.0 Å². The smallest absolute Gasteiger partial charge is 0.335 e. The van der Waals surface area contributed by atoms with E-state index in [1.54, 1.807) is 6.92 Å². The summed E-state index contributed by atoms with van der Waals surface area (Å²) in [6.07, 6.45) is -3.60. The fourth-order valence-corrected chi connectivity index (χ4v) is 3.62. The molecule has 2 N–H and O–H groups in total. The van der Waals surface area contributed by atoms with Gasteiger partial charge in [0.15, 0.2) is 5.13 Å². The molecule has 0 saturated heterocycles. The number of fused-ring (bicyclic) bond motifs is 1. The third-order valence-corrected chi connectivity index (χ3v) is 5.11. The van der Waals surface area contributed by atoms with Gasteiger partial charge in [0.2, 0.25) is 0 Å². The fraction of sp³-hybridized carbons (Fsp3) is 0.444. The van der Waals surface area contributed by atoms with E-state index >= 15 is 0 Å². The number of hydrogen-bond acceptors (Lipinski definition) is 5. The molecule has 6 nitrogen and oxygen atoms in total. The number of hydrogen-bond donors (Lipinski definition) is 2. The maximum atomic E-state index is 12.8. The van der Waals surface area contributed by atoms with Gasteiger partial charge in [-0.05, 0) is 38.0 Å². The number of urea groups is 1. The summed E-state index contributed by atoms with van der Waals surface area (Å²) in [6, 6.07) is 6.42. The van der Waals surface area contributed by atoms with Gasteiger partial charge in [0.05, 0.1) is 39.8 Å². The minimum atomic E-state index is -4.45. The van der Waals surface area contributed by atoms with Crippen LogP contribution in [0.2, 0.25) is 0 Å². The van der Waals surface area contributed by atoms with E-state index in [0.29, 0.717) is 23.1 Å². The minimum absolute atomic E-state index is 0.166. The lowest BCUT2D eigenvalue weighted by Crippen LogP contribution is -2.37. The zero-order chi connectivity index (χ0) is 20.9. The Morgan fingerprint density at radius 3 is 2.54 bits per heavy atom. The Morgan fingerprint density at radius 2 is 1.96 bits per heavy atom. The van der Waals surface area contributed by atoms with E-state index in [1.807, 2.05) is 6.92 Å². The summed E-state index contributed by atoms with van der Waals surface area (Å²) in [5.41, 5.74) is -0.426. The van der Waals surface area contributed by atoms with Crippen molar-refractivity contribution in [2.75, 3.05) is 5.32 Å². The number of amides is 2. The van der Waals surface area contributed by atoms with Gasteiger partial charge < -0.3 is 5.32 Å². The molecule has 2 aromatic rings. The first kappa shape index (κ1) is 21.5. The van der Waals surface area contributed by atoms with Crippen LogP contribution >= 0.6 is 11.3 Å². The molecule has 1 aromatic carbocycles. The van der Waals surface area contributed by atoms with Crippen molar-refractivity contribution in [3.63, 3.8) is 0 Å². The molecule has 3 atom stereocenters. The highest BCUT2D eigenvalue weighted by Gasteiger charge is 2.30. The van der Waals surface area contributed by atoms with Crippen molar-refractivity contribution in [1.29, 1.82) is 10.5 Å². The Morgan fingerprint density at radius 1 is 1.29 bits per heavy atom. The molecule has 0 aliphatic carbocycles. The molecule has 148 valence electrons. The topological polar surface area (TPSA) is 102 Å². The number of alkyl halides is 3. The van der Waals surface area contributed by atoms with E-state index in [1.165, 1.54) is 6.07 Å². The molecule has 0 radical (unpaired) electrons. The van der Waals surface area contributed by atoms with Crippen LogP contribution in [0.1, 0.15) is 32.3 Å². The average molecular weight is 409 g/mol. The van der Waals surface area contributed by atoms with Gasteiger partial charge in [-0.1, -0.05) is 18.3 Å². The molecule has 0 aliphatic rings. The highest BCUT2D eigenvalue weighted by atomic mass is 32.1. The second kappa shape index (κ2) is 8.89. The number of nitrogens with zero attached hydrogens (tertiary/aromatic N) is 3. The Bertz CT molecular complexity index is 928. The lowest BCUT2D eigenvalue weighted by molar-refractivity contribution is -0.137. The molecule has 28 heavy (non-hydrogen) atoms. The molecule has 0 bridgehead atoms. The molecule has 0 aliphatic heterocycles. The SMILES string of the molecule is CCC(C#N)C(C#N)CC(C)NC(=O)Nc1nc2ccc(C(F)(F)F)cc2s1. The van der Waals surface area contributed by atoms with Gasteiger partial charge in [0, 0.05) is 6.04 Å². The van der Waals surface area contributed by atoms with E-state index in [9.17, 15) is 23.2 Å². The lowest BCUT2D eigenvalue weighted by Gasteiger charge is -2.19. The van der Waals surface area contributed by atoms with Gasteiger partial charge in [0.25, 0.3) is 0 Å². The van der Waals surface area contributed by atoms with Crippen LogP contribution in [0, 0.1) is 34.5 Å². The highest BCUT2D eigenvalue weighted by molar-refractivity contribution is 7.22. The molecule has 1 heterocycles. The fourth-order valence-electron chi connectivity index (χ4n) is 2.72. The molecule has 0 fully saturated rings. The van der Waals surface area contributed by atoms with Crippen LogP contribution in [0.5, 0.6) is 0 Å². The Hall–Kier alpha value is -2.85. The zero-order valence-electron chi connectivity index (χ0n) is 15.2. The molecular weight excluding hydrogens is 391 g/mol. The predicted molar refractivity (Wildman–Crippen MR) is 99.4 cm³/mol. The number of halogens is 3. The Balaban J connectivity index is 2.01. The Labute approximate surface area is 164 Å². The number of thiazole rings is 1. The van der Waals surface area contributed by atoms with Gasteiger partial charge in [0.1, 0.15) is 0 Å². The van der Waals surface area contributed by atoms with E-state index in [2.05, 4.69) is 27.8 Å². The number of aromatic nitrogens is 1. The first-order valence-electron chi connectivity index (χ1n) is 8.52. The van der Waals surface area contributed by atoms with Crippen LogP contribution in [-0.2, 0) is 6.18 Å². The second-order valence-electron chi connectivity index (χ2n) is 6.31. The van der Waals surface area contributed by atoms with Crippen LogP contribution in [0.3, 0.4) is 0 Å². The van der Waals surface area contributed by atoms with Crippen LogP contribution in [-0.4, -0.2) is 17.1 Å². The third-order valence-electron chi connectivity index (χ3n) is 4.18. The molecule has 3 unspecified atom stereocenters. The van der Waals surface area contributed by atoms with Crippen LogP contribution < -0.4 is 10.6 Å². The van der Waals surface area contributed by atoms with E-state index in [-0.39, 0.29) is 11.2 Å². The molecule has 2 rings (SSSR count). The van der Waals surface area contributed by atoms with Gasteiger partial charge in [-0.3, -0.25) is 5.32 Å². The van der Waals surface area contributed by atoms with Gasteiger partial charge in [-0.2, -0.15) is 23.7 Å². The van der Waals surface area contributed by atoms with Crippen molar-refractivity contribution in [2.24, 2.45) is 11.8 Å². The lowest BCUT2D eigenvalue weighted by atomic mass is 9.87. The van der Waals surface area contributed by atoms with Crippen LogP contribution in [0.25, 0.3) is 10.2 Å². The van der Waals surface area contributed by atoms with Gasteiger partial charge in [-0.25, -0.2) is 9.78 Å². The van der Waals surface area contributed by atoms with Crippen molar-refractivity contribution in [2.45, 2.75) is 38.9 Å². The molecule has 0 spiro atoms. The predicted octanol–water partition coefficient (Wildman–Crippen LogP) is 4.90. The monoisotopic (exact) mass is 409 g/mol. The molecule has 10 heteroatoms. The summed E-state index contributed by atoms with van der Waals surface area (Å²) in [4.78, 5) is 16.2. The quantitative estimate of drug-likeness (QED) is 0.708. The summed E-state index contributed by atoms with van der Waals surface area (Å²) in [6.45, 7) is 3.53. The summed E-state index contributed by atoms with van der Waals surface area (Å²) in [7, 11) is 0. The zero-order valence-corrected chi connectivity index (χ0v) is 16.0. The van der Waals surface area contributed by atoms with Crippen molar-refractivity contribution in [3.8, 4) is 12.1 Å². The third kappa shape index (κ3) is 5.33. The molecular formula is C18H18F3N5OS. The normalized spacial score (nSPS) is 14.5. The summed E-state index contributed by atoms with van der Waals surface area (Å²) in [5.74, 6) is -0.919. The number of nitriles is 2. The molecule has 2 amide bonds. The van der Waals surface area contributed by atoms with Crippen molar-refractivity contribution in [1.82, 2.24) is 10.3 Å². The number of nitrogens with one attached hydrogen (secondary N) is 2. The van der Waals surface area contributed by atoms with E-state index in [4.69, 9.17) is 5.26 Å². The summed E-state index contributed by atoms with van der Waals surface area (Å²) < 4.78 is 38.6. The van der Waals surface area contributed by atoms with Crippen LogP contribution in [0.15, 0.2) is 18.2 Å². The number of carbonyl (C=O) groups is 1. The largest absolute Gasteiger partial charge is 0.416 e. The van der Waals surface area contributed by atoms with E-state index < -0.39 is 29.6 Å². The number of anilines is 1. The molecule has 1 aromatic heterocycles. The van der Waals surface area contributed by atoms with Gasteiger partial charge >= 0.3 is 12.2 Å². The van der Waals surface area contributed by atoms with Crippen molar-refractivity contribution >= 4 is 32.7 Å². The molecule has 0 saturated carbocycles. The minimum Gasteiger partial charge on any atom is -0.335 e.